The average molecular weight is 417 g/mol. The van der Waals surface area contributed by atoms with Crippen LogP contribution in [-0.2, 0) is 20.6 Å². The highest BCUT2D eigenvalue weighted by Gasteiger charge is 2.19. The van der Waals surface area contributed by atoms with Gasteiger partial charge in [0.1, 0.15) is 36.1 Å². The lowest BCUT2D eigenvalue weighted by Gasteiger charge is -2.23. The van der Waals surface area contributed by atoms with Crippen molar-refractivity contribution < 1.29 is 28.8 Å². The van der Waals surface area contributed by atoms with Crippen LogP contribution < -0.4 is 14.4 Å². The van der Waals surface area contributed by atoms with Crippen LogP contribution in [0, 0.1) is 10.1 Å². The highest BCUT2D eigenvalue weighted by atomic mass is 32.2. The van der Waals surface area contributed by atoms with Crippen LogP contribution in [0.25, 0.3) is 0 Å². The molecular weight excluding hydrogens is 390 g/mol. The fourth-order valence-electron chi connectivity index (χ4n) is 2.07. The molecule has 158 valence electrons. The molecule has 10 nitrogen and oxygen atoms in total. The van der Waals surface area contributed by atoms with Crippen LogP contribution in [0.4, 0.5) is 5.69 Å². The van der Waals surface area contributed by atoms with Crippen molar-refractivity contribution in [3.63, 3.8) is 0 Å². The van der Waals surface area contributed by atoms with Crippen LogP contribution in [0.1, 0.15) is 27.7 Å². The van der Waals surface area contributed by atoms with Crippen molar-refractivity contribution in [2.24, 2.45) is 0 Å². The van der Waals surface area contributed by atoms with E-state index in [0.29, 0.717) is 18.0 Å². The van der Waals surface area contributed by atoms with Crippen molar-refractivity contribution in [1.29, 1.82) is 0 Å². The molecule has 1 amide bonds. The number of rotatable bonds is 11. The van der Waals surface area contributed by atoms with E-state index >= 15 is 0 Å². The zero-order valence-electron chi connectivity index (χ0n) is 16.4. The number of hydrogen-bond acceptors (Lipinski definition) is 8. The van der Waals surface area contributed by atoms with Crippen LogP contribution in [-0.4, -0.2) is 57.5 Å². The van der Waals surface area contributed by atoms with Crippen molar-refractivity contribution in [2.45, 2.75) is 39.3 Å². The Hall–Kier alpha value is -2.24. The minimum Gasteiger partial charge on any atom is -0.491 e. The van der Waals surface area contributed by atoms with Gasteiger partial charge in [0.2, 0.25) is 5.91 Å². The lowest BCUT2D eigenvalue weighted by atomic mass is 10.1. The number of carbonyl (C=O) groups is 1. The maximum Gasteiger partial charge on any atom is 0.294 e. The number of ether oxygens (including phenoxy) is 1. The Bertz CT molecular complexity index is 676. The van der Waals surface area contributed by atoms with Gasteiger partial charge < -0.3 is 20.0 Å². The fraction of sp³-hybridized carbons (Fsp3) is 0.588. The summed E-state index contributed by atoms with van der Waals surface area (Å²) in [5, 5.41) is 22.3. The molecule has 11 heteroatoms. The van der Waals surface area contributed by atoms with Crippen LogP contribution in [0.2, 0.25) is 0 Å². The second kappa shape index (κ2) is 10.9. The maximum absolute atomic E-state index is 12.3. The third-order valence-electron chi connectivity index (χ3n) is 3.33. The molecule has 0 aliphatic rings. The molecule has 1 aromatic carbocycles. The van der Waals surface area contributed by atoms with Crippen molar-refractivity contribution in [3.05, 3.63) is 34.4 Å². The summed E-state index contributed by atoms with van der Waals surface area (Å²) in [6.45, 7) is 7.31. The molecule has 0 bridgehead atoms. The van der Waals surface area contributed by atoms with Gasteiger partial charge in [0, 0.05) is 19.0 Å². The van der Waals surface area contributed by atoms with E-state index in [9.17, 15) is 24.2 Å². The predicted octanol–water partition coefficient (Wildman–Crippen LogP) is 1.04. The van der Waals surface area contributed by atoms with Crippen molar-refractivity contribution in [2.75, 3.05) is 29.8 Å². The highest BCUT2D eigenvalue weighted by Crippen LogP contribution is 2.21. The SMILES string of the molecule is CC(=O)N(c1ccc(OCC(O)CNC(C)(C)C)cc1)S(=O)CCO[N+](=O)[O-]. The Morgan fingerprint density at radius 2 is 1.96 bits per heavy atom. The lowest BCUT2D eigenvalue weighted by Crippen LogP contribution is -2.42. The van der Waals surface area contributed by atoms with Gasteiger partial charge in [-0.15, -0.1) is 10.1 Å². The number of amides is 1. The van der Waals surface area contributed by atoms with Gasteiger partial charge >= 0.3 is 0 Å². The molecule has 0 aliphatic heterocycles. The van der Waals surface area contributed by atoms with Gasteiger partial charge in [-0.25, -0.2) is 8.51 Å². The Morgan fingerprint density at radius 1 is 1.36 bits per heavy atom. The molecule has 2 unspecified atom stereocenters. The predicted molar refractivity (Wildman–Crippen MR) is 105 cm³/mol. The Balaban J connectivity index is 2.63. The monoisotopic (exact) mass is 417 g/mol. The third-order valence-corrected chi connectivity index (χ3v) is 4.72. The summed E-state index contributed by atoms with van der Waals surface area (Å²) in [5.41, 5.74) is 0.244. The summed E-state index contributed by atoms with van der Waals surface area (Å²) in [4.78, 5) is 26.1. The quantitative estimate of drug-likeness (QED) is 0.403. The number of aliphatic hydroxyl groups excluding tert-OH is 1. The number of carbonyl (C=O) groups excluding carboxylic acids is 1. The molecule has 1 rings (SSSR count). The summed E-state index contributed by atoms with van der Waals surface area (Å²) < 4.78 is 18.8. The first-order valence-electron chi connectivity index (χ1n) is 8.62. The summed E-state index contributed by atoms with van der Waals surface area (Å²) in [6, 6.07) is 6.26. The molecule has 28 heavy (non-hydrogen) atoms. The van der Waals surface area contributed by atoms with Crippen LogP contribution in [0.15, 0.2) is 24.3 Å². The molecule has 0 spiro atoms. The van der Waals surface area contributed by atoms with Gasteiger partial charge in [-0.3, -0.25) is 4.79 Å². The minimum atomic E-state index is -1.82. The number of anilines is 1. The molecule has 0 saturated heterocycles. The van der Waals surface area contributed by atoms with Crippen molar-refractivity contribution >= 4 is 22.6 Å². The number of nitrogens with zero attached hydrogens (tertiary/aromatic N) is 2. The average Bonchev–Trinajstić information content (AvgIpc) is 2.58. The van der Waals surface area contributed by atoms with Gasteiger partial charge in [0.25, 0.3) is 5.09 Å². The number of β-amino-alcohol motifs (C(OH)–C–C–N with tert-alkyl or cyclic N) is 1. The van der Waals surface area contributed by atoms with E-state index in [4.69, 9.17) is 4.74 Å². The summed E-state index contributed by atoms with van der Waals surface area (Å²) in [5.74, 6) is -0.201. The fourth-order valence-corrected chi connectivity index (χ4v) is 3.11. The van der Waals surface area contributed by atoms with Crippen molar-refractivity contribution in [3.8, 4) is 5.75 Å². The van der Waals surface area contributed by atoms with Gasteiger partial charge in [-0.1, -0.05) is 0 Å². The molecule has 0 aliphatic carbocycles. The van der Waals surface area contributed by atoms with E-state index in [-0.39, 0.29) is 24.5 Å². The van der Waals surface area contributed by atoms with E-state index in [1.807, 2.05) is 20.8 Å². The Labute approximate surface area is 166 Å². The van der Waals surface area contributed by atoms with Crippen LogP contribution in [0.5, 0.6) is 5.75 Å². The summed E-state index contributed by atoms with van der Waals surface area (Å²) in [6.07, 6.45) is -0.693. The largest absolute Gasteiger partial charge is 0.491 e. The molecule has 2 N–H and O–H groups in total. The van der Waals surface area contributed by atoms with Gasteiger partial charge in [0.15, 0.2) is 0 Å². The van der Waals surface area contributed by atoms with E-state index in [0.717, 1.165) is 4.31 Å². The summed E-state index contributed by atoms with van der Waals surface area (Å²) in [7, 11) is -1.82. The third kappa shape index (κ3) is 9.11. The van der Waals surface area contributed by atoms with Gasteiger partial charge in [-0.05, 0) is 45.0 Å². The first kappa shape index (κ1) is 23.8. The van der Waals surface area contributed by atoms with Crippen LogP contribution in [0.3, 0.4) is 0 Å². The first-order valence-corrected chi connectivity index (χ1v) is 9.89. The van der Waals surface area contributed by atoms with E-state index < -0.39 is 28.1 Å². The molecule has 0 fully saturated rings. The second-order valence-electron chi connectivity index (χ2n) is 6.99. The van der Waals surface area contributed by atoms with Gasteiger partial charge in [0.05, 0.1) is 11.4 Å². The van der Waals surface area contributed by atoms with Gasteiger partial charge in [-0.2, -0.15) is 0 Å². The van der Waals surface area contributed by atoms with Crippen molar-refractivity contribution in [1.82, 2.24) is 5.32 Å². The molecule has 2 atom stereocenters. The number of nitrogens with one attached hydrogen (secondary N) is 1. The zero-order chi connectivity index (χ0) is 21.3. The van der Waals surface area contributed by atoms with Crippen LogP contribution >= 0.6 is 0 Å². The topological polar surface area (TPSA) is 131 Å². The summed E-state index contributed by atoms with van der Waals surface area (Å²) >= 11 is 0. The highest BCUT2D eigenvalue weighted by molar-refractivity contribution is 7.87. The number of aliphatic hydroxyl groups is 1. The zero-order valence-corrected chi connectivity index (χ0v) is 17.2. The molecular formula is C17H27N3O7S. The Morgan fingerprint density at radius 3 is 2.46 bits per heavy atom. The van der Waals surface area contributed by atoms with E-state index in [2.05, 4.69) is 10.2 Å². The minimum absolute atomic E-state index is 0.0863. The maximum atomic E-state index is 12.3. The molecule has 0 heterocycles. The first-order chi connectivity index (χ1) is 13.0. The normalized spacial score (nSPS) is 13.5. The van der Waals surface area contributed by atoms with E-state index in [1.165, 1.54) is 6.92 Å². The number of hydrogen-bond donors (Lipinski definition) is 2. The molecule has 0 saturated carbocycles. The smallest absolute Gasteiger partial charge is 0.294 e. The Kier molecular flexibility index (Phi) is 9.29. The lowest BCUT2D eigenvalue weighted by molar-refractivity contribution is -0.756. The number of benzene rings is 1. The standard InChI is InChI=1S/C17H27N3O7S/c1-13(21)19(28(25)10-9-27-20(23)24)14-5-7-16(8-6-14)26-12-15(22)11-18-17(2,3)4/h5-8,15,18,22H,9-12H2,1-4H3. The molecule has 1 aromatic rings. The van der Waals surface area contributed by atoms with E-state index in [1.54, 1.807) is 24.3 Å². The second-order valence-corrected chi connectivity index (χ2v) is 8.40. The molecule has 0 aromatic heterocycles. The molecule has 0 radical (unpaired) electrons.